The number of hydrogen-bond acceptors (Lipinski definition) is 3. The van der Waals surface area contributed by atoms with Gasteiger partial charge in [0.1, 0.15) is 6.04 Å². The second-order valence-electron chi connectivity index (χ2n) is 4.02. The first kappa shape index (κ1) is 18.4. The molecule has 0 aliphatic carbocycles. The van der Waals surface area contributed by atoms with Gasteiger partial charge in [-0.2, -0.15) is 13.2 Å². The minimum atomic E-state index is -4.26. The number of aromatic nitrogens is 1. The van der Waals surface area contributed by atoms with E-state index in [9.17, 15) is 13.2 Å². The average Bonchev–Trinajstić information content (AvgIpc) is 2.30. The molecule has 1 fully saturated rings. The second-order valence-corrected chi connectivity index (χ2v) is 4.02. The van der Waals surface area contributed by atoms with Crippen LogP contribution < -0.4 is 5.32 Å². The largest absolute Gasteiger partial charge is 0.408 e. The highest BCUT2D eigenvalue weighted by molar-refractivity contribution is 5.85. The first-order chi connectivity index (χ1) is 8.09. The van der Waals surface area contributed by atoms with Gasteiger partial charge in [0.2, 0.25) is 0 Å². The van der Waals surface area contributed by atoms with Gasteiger partial charge in [0.25, 0.3) is 0 Å². The zero-order valence-electron chi connectivity index (χ0n) is 10.1. The summed E-state index contributed by atoms with van der Waals surface area (Å²) < 4.78 is 39.3. The van der Waals surface area contributed by atoms with E-state index in [1.807, 2.05) is 0 Å². The Morgan fingerprint density at radius 1 is 1.21 bits per heavy atom. The Morgan fingerprint density at radius 2 is 1.84 bits per heavy atom. The predicted molar refractivity (Wildman–Crippen MR) is 72.0 cm³/mol. The van der Waals surface area contributed by atoms with E-state index in [2.05, 4.69) is 10.3 Å². The Bertz CT molecular complexity index is 356. The molecule has 0 spiro atoms. The van der Waals surface area contributed by atoms with Crippen molar-refractivity contribution in [2.45, 2.75) is 12.2 Å². The molecule has 1 aromatic heterocycles. The number of rotatable bonds is 2. The van der Waals surface area contributed by atoms with Gasteiger partial charge in [0.05, 0.1) is 0 Å². The van der Waals surface area contributed by atoms with Crippen molar-refractivity contribution in [2.75, 3.05) is 26.2 Å². The van der Waals surface area contributed by atoms with Crippen LogP contribution in [0.2, 0.25) is 0 Å². The molecule has 1 atom stereocenters. The zero-order valence-corrected chi connectivity index (χ0v) is 11.7. The van der Waals surface area contributed by atoms with Crippen LogP contribution in [0.15, 0.2) is 24.5 Å². The molecular formula is C11H16Cl2F3N3. The second kappa shape index (κ2) is 7.89. The van der Waals surface area contributed by atoms with Crippen LogP contribution in [0.1, 0.15) is 11.6 Å². The molecule has 1 aliphatic heterocycles. The van der Waals surface area contributed by atoms with Crippen LogP contribution >= 0.6 is 24.8 Å². The molecule has 0 saturated carbocycles. The van der Waals surface area contributed by atoms with E-state index in [0.717, 1.165) is 0 Å². The Labute approximate surface area is 122 Å². The van der Waals surface area contributed by atoms with Gasteiger partial charge < -0.3 is 5.32 Å². The summed E-state index contributed by atoms with van der Waals surface area (Å²) in [5.41, 5.74) is 0.210. The maximum absolute atomic E-state index is 13.1. The molecule has 1 N–H and O–H groups in total. The number of halogens is 5. The van der Waals surface area contributed by atoms with Gasteiger partial charge in [-0.05, 0) is 11.6 Å². The molecule has 2 heterocycles. The minimum absolute atomic E-state index is 0. The molecule has 110 valence electrons. The summed E-state index contributed by atoms with van der Waals surface area (Å²) in [7, 11) is 0. The summed E-state index contributed by atoms with van der Waals surface area (Å²) in [6.07, 6.45) is -1.49. The minimum Gasteiger partial charge on any atom is -0.314 e. The maximum Gasteiger partial charge on any atom is 0.408 e. The molecule has 0 bridgehead atoms. The van der Waals surface area contributed by atoms with Gasteiger partial charge >= 0.3 is 6.18 Å². The van der Waals surface area contributed by atoms with Crippen molar-refractivity contribution < 1.29 is 13.2 Å². The van der Waals surface area contributed by atoms with Gasteiger partial charge in [-0.1, -0.05) is 6.07 Å². The monoisotopic (exact) mass is 317 g/mol. The maximum atomic E-state index is 13.1. The smallest absolute Gasteiger partial charge is 0.314 e. The van der Waals surface area contributed by atoms with E-state index in [0.29, 0.717) is 26.2 Å². The molecule has 19 heavy (non-hydrogen) atoms. The van der Waals surface area contributed by atoms with Crippen LogP contribution in [0.4, 0.5) is 13.2 Å². The van der Waals surface area contributed by atoms with Crippen molar-refractivity contribution in [2.24, 2.45) is 0 Å². The lowest BCUT2D eigenvalue weighted by atomic mass is 10.1. The number of pyridine rings is 1. The van der Waals surface area contributed by atoms with E-state index in [4.69, 9.17) is 0 Å². The fourth-order valence-corrected chi connectivity index (χ4v) is 2.08. The molecule has 1 aliphatic rings. The third-order valence-corrected chi connectivity index (χ3v) is 2.83. The molecule has 8 heteroatoms. The zero-order chi connectivity index (χ0) is 12.3. The number of nitrogens with zero attached hydrogens (tertiary/aromatic N) is 2. The van der Waals surface area contributed by atoms with Gasteiger partial charge in [0.15, 0.2) is 0 Å². The van der Waals surface area contributed by atoms with Crippen molar-refractivity contribution in [3.8, 4) is 0 Å². The van der Waals surface area contributed by atoms with E-state index in [-0.39, 0.29) is 30.4 Å². The van der Waals surface area contributed by atoms with Gasteiger partial charge in [-0.15, -0.1) is 24.8 Å². The van der Waals surface area contributed by atoms with E-state index in [1.54, 1.807) is 0 Å². The average molecular weight is 318 g/mol. The standard InChI is InChI=1S/C11H14F3N3.2ClH/c12-11(13,14)10(9-2-1-3-16-8-9)17-6-4-15-5-7-17;;/h1-3,8,10,15H,4-7H2;2*1H/t10-;;/m1../s1. The predicted octanol–water partition coefficient (Wildman–Crippen LogP) is 2.43. The SMILES string of the molecule is Cl.Cl.FC(F)(F)[C@@H](c1cccnc1)N1CCNCC1. The Hall–Kier alpha value is -0.560. The lowest BCUT2D eigenvalue weighted by molar-refractivity contribution is -0.188. The topological polar surface area (TPSA) is 28.2 Å². The van der Waals surface area contributed by atoms with E-state index < -0.39 is 12.2 Å². The molecule has 1 aromatic rings. The number of nitrogens with one attached hydrogen (secondary N) is 1. The Morgan fingerprint density at radius 3 is 2.32 bits per heavy atom. The van der Waals surface area contributed by atoms with Crippen molar-refractivity contribution >= 4 is 24.8 Å². The summed E-state index contributed by atoms with van der Waals surface area (Å²) in [4.78, 5) is 5.22. The lowest BCUT2D eigenvalue weighted by Crippen LogP contribution is -2.49. The van der Waals surface area contributed by atoms with Crippen molar-refractivity contribution in [1.29, 1.82) is 0 Å². The van der Waals surface area contributed by atoms with E-state index >= 15 is 0 Å². The van der Waals surface area contributed by atoms with Crippen LogP contribution in [-0.4, -0.2) is 42.2 Å². The highest BCUT2D eigenvalue weighted by Crippen LogP contribution is 2.37. The molecule has 2 rings (SSSR count). The van der Waals surface area contributed by atoms with Crippen LogP contribution in [0.25, 0.3) is 0 Å². The van der Waals surface area contributed by atoms with Gasteiger partial charge in [-0.25, -0.2) is 0 Å². The quantitative estimate of drug-likeness (QED) is 0.908. The highest BCUT2D eigenvalue weighted by atomic mass is 35.5. The molecular weight excluding hydrogens is 302 g/mol. The Kier molecular flexibility index (Phi) is 7.66. The van der Waals surface area contributed by atoms with Crippen LogP contribution in [0.5, 0.6) is 0 Å². The molecule has 1 saturated heterocycles. The van der Waals surface area contributed by atoms with Gasteiger partial charge in [-0.3, -0.25) is 9.88 Å². The first-order valence-corrected chi connectivity index (χ1v) is 5.50. The van der Waals surface area contributed by atoms with E-state index in [1.165, 1.54) is 29.4 Å². The Balaban J connectivity index is 0.00000162. The molecule has 0 radical (unpaired) electrons. The number of alkyl halides is 3. The fourth-order valence-electron chi connectivity index (χ4n) is 2.08. The summed E-state index contributed by atoms with van der Waals surface area (Å²) in [5.74, 6) is 0. The highest BCUT2D eigenvalue weighted by Gasteiger charge is 2.44. The summed E-state index contributed by atoms with van der Waals surface area (Å²) >= 11 is 0. The van der Waals surface area contributed by atoms with Crippen LogP contribution in [0, 0.1) is 0 Å². The number of piperazine rings is 1. The third kappa shape index (κ3) is 4.80. The third-order valence-electron chi connectivity index (χ3n) is 2.83. The summed E-state index contributed by atoms with van der Waals surface area (Å²) in [5, 5.41) is 3.05. The van der Waals surface area contributed by atoms with Crippen molar-refractivity contribution in [3.63, 3.8) is 0 Å². The van der Waals surface area contributed by atoms with Crippen molar-refractivity contribution in [3.05, 3.63) is 30.1 Å². The normalized spacial score (nSPS) is 18.1. The van der Waals surface area contributed by atoms with Crippen molar-refractivity contribution in [1.82, 2.24) is 15.2 Å². The van der Waals surface area contributed by atoms with Crippen LogP contribution in [0.3, 0.4) is 0 Å². The van der Waals surface area contributed by atoms with Crippen LogP contribution in [-0.2, 0) is 0 Å². The first-order valence-electron chi connectivity index (χ1n) is 5.50. The molecule has 0 aromatic carbocycles. The van der Waals surface area contributed by atoms with Gasteiger partial charge in [0, 0.05) is 38.6 Å². The lowest BCUT2D eigenvalue weighted by Gasteiger charge is -2.35. The fraction of sp³-hybridized carbons (Fsp3) is 0.545. The molecule has 0 unspecified atom stereocenters. The summed E-state index contributed by atoms with van der Waals surface area (Å²) in [6.45, 7) is 1.98. The number of hydrogen-bond donors (Lipinski definition) is 1. The molecule has 3 nitrogen and oxygen atoms in total. The molecule has 0 amide bonds. The summed E-state index contributed by atoms with van der Waals surface area (Å²) in [6, 6.07) is 1.47.